The van der Waals surface area contributed by atoms with E-state index in [9.17, 15) is 9.59 Å². The first-order valence-electron chi connectivity index (χ1n) is 9.43. The smallest absolute Gasteiger partial charge is 0.410 e. The molecule has 0 unspecified atom stereocenters. The van der Waals surface area contributed by atoms with Crippen molar-refractivity contribution in [3.63, 3.8) is 0 Å². The number of rotatable bonds is 2. The first-order chi connectivity index (χ1) is 12.8. The van der Waals surface area contributed by atoms with Crippen LogP contribution in [0.4, 0.5) is 4.79 Å². The molecule has 0 spiro atoms. The maximum absolute atomic E-state index is 12.6. The lowest BCUT2D eigenvalue weighted by Gasteiger charge is -2.25. The van der Waals surface area contributed by atoms with Gasteiger partial charge in [-0.25, -0.2) is 14.6 Å². The molecule has 1 saturated heterocycles. The predicted molar refractivity (Wildman–Crippen MR) is 98.4 cm³/mol. The van der Waals surface area contributed by atoms with Gasteiger partial charge in [-0.3, -0.25) is 0 Å². The Morgan fingerprint density at radius 3 is 2.74 bits per heavy atom. The van der Waals surface area contributed by atoms with E-state index in [-0.39, 0.29) is 18.1 Å². The van der Waals surface area contributed by atoms with E-state index in [1.54, 1.807) is 15.5 Å². The lowest BCUT2D eigenvalue weighted by Crippen LogP contribution is -2.37. The zero-order valence-electron chi connectivity index (χ0n) is 15.9. The highest BCUT2D eigenvalue weighted by Crippen LogP contribution is 2.40. The van der Waals surface area contributed by atoms with Gasteiger partial charge in [-0.1, -0.05) is 6.07 Å². The van der Waals surface area contributed by atoms with Crippen molar-refractivity contribution in [2.24, 2.45) is 11.8 Å². The molecule has 0 bridgehead atoms. The molecule has 0 N–H and O–H groups in total. The van der Waals surface area contributed by atoms with Crippen molar-refractivity contribution < 1.29 is 19.1 Å². The second kappa shape index (κ2) is 6.55. The van der Waals surface area contributed by atoms with E-state index >= 15 is 0 Å². The van der Waals surface area contributed by atoms with Gasteiger partial charge in [0.25, 0.3) is 0 Å². The molecule has 1 amide bonds. The number of hydrogen-bond acceptors (Lipinski definition) is 5. The molecule has 2 aliphatic rings. The molecule has 7 nitrogen and oxygen atoms in total. The molecule has 0 aromatic carbocycles. The van der Waals surface area contributed by atoms with Gasteiger partial charge >= 0.3 is 12.1 Å². The number of carbonyl (C=O) groups is 2. The third kappa shape index (κ3) is 3.63. The quantitative estimate of drug-likeness (QED) is 0.759. The van der Waals surface area contributed by atoms with Crippen LogP contribution in [0.2, 0.25) is 0 Å². The van der Waals surface area contributed by atoms with E-state index in [2.05, 4.69) is 4.98 Å². The highest BCUT2D eigenvalue weighted by molar-refractivity contribution is 5.88. The Balaban J connectivity index is 1.40. The summed E-state index contributed by atoms with van der Waals surface area (Å²) in [4.78, 5) is 31.0. The van der Waals surface area contributed by atoms with Crippen molar-refractivity contribution in [1.29, 1.82) is 0 Å². The number of amides is 1. The number of carbonyl (C=O) groups excluding carboxylic acids is 2. The summed E-state index contributed by atoms with van der Waals surface area (Å²) in [5.74, 6) is 0.120. The summed E-state index contributed by atoms with van der Waals surface area (Å²) in [7, 11) is 0. The maximum atomic E-state index is 12.6. The number of hydrogen-bond donors (Lipinski definition) is 0. The van der Waals surface area contributed by atoms with Gasteiger partial charge < -0.3 is 18.8 Å². The van der Waals surface area contributed by atoms with Crippen LogP contribution in [0.5, 0.6) is 0 Å². The van der Waals surface area contributed by atoms with Crippen LogP contribution in [0, 0.1) is 11.8 Å². The Kier molecular flexibility index (Phi) is 4.32. The minimum atomic E-state index is -0.510. The highest BCUT2D eigenvalue weighted by Gasteiger charge is 2.46. The van der Waals surface area contributed by atoms with Crippen LogP contribution in [-0.4, -0.2) is 51.1 Å². The van der Waals surface area contributed by atoms with Crippen LogP contribution in [0.1, 0.15) is 44.1 Å². The van der Waals surface area contributed by atoms with E-state index in [4.69, 9.17) is 9.47 Å². The van der Waals surface area contributed by atoms with Crippen LogP contribution in [0.15, 0.2) is 30.6 Å². The second-order valence-electron chi connectivity index (χ2n) is 8.42. The van der Waals surface area contributed by atoms with Gasteiger partial charge in [-0.05, 0) is 51.7 Å². The number of pyridine rings is 1. The van der Waals surface area contributed by atoms with E-state index in [0.717, 1.165) is 12.8 Å². The predicted octanol–water partition coefficient (Wildman–Crippen LogP) is 3.14. The Morgan fingerprint density at radius 1 is 1.19 bits per heavy atom. The Bertz CT molecular complexity index is 836. The molecule has 1 saturated carbocycles. The van der Waals surface area contributed by atoms with Gasteiger partial charge in [-0.2, -0.15) is 0 Å². The fraction of sp³-hybridized carbons (Fsp3) is 0.550. The zero-order valence-corrected chi connectivity index (χ0v) is 15.9. The van der Waals surface area contributed by atoms with E-state index < -0.39 is 11.6 Å². The highest BCUT2D eigenvalue weighted by atomic mass is 16.6. The average molecular weight is 371 g/mol. The van der Waals surface area contributed by atoms with Gasteiger partial charge in [-0.15, -0.1) is 0 Å². The molecule has 3 atom stereocenters. The molecular weight excluding hydrogens is 346 g/mol. The minimum Gasteiger partial charge on any atom is -0.457 e. The number of imidazole rings is 1. The average Bonchev–Trinajstić information content (AvgIpc) is 3.27. The standard InChI is InChI=1S/C20H25N3O4/c1-20(2,3)27-19(25)23-10-13-7-8-16(14(13)11-23)26-18(24)15-12-22-9-5-4-6-17(22)21-15/h4-6,9,12-14,16H,7-8,10-11H2,1-3H3/t13-,14+,16+/m0/s1. The minimum absolute atomic E-state index is 0.165. The topological polar surface area (TPSA) is 73.1 Å². The van der Waals surface area contributed by atoms with E-state index in [0.29, 0.717) is 30.3 Å². The van der Waals surface area contributed by atoms with Gasteiger partial charge in [0, 0.05) is 31.4 Å². The lowest BCUT2D eigenvalue weighted by molar-refractivity contribution is 0.0149. The number of ether oxygens (including phenoxy) is 2. The first-order valence-corrected chi connectivity index (χ1v) is 9.43. The molecule has 144 valence electrons. The maximum Gasteiger partial charge on any atom is 0.410 e. The van der Waals surface area contributed by atoms with E-state index in [1.165, 1.54) is 0 Å². The summed E-state index contributed by atoms with van der Waals surface area (Å²) in [6, 6.07) is 5.61. The summed E-state index contributed by atoms with van der Waals surface area (Å²) < 4.78 is 13.0. The van der Waals surface area contributed by atoms with Crippen LogP contribution in [0.3, 0.4) is 0 Å². The lowest BCUT2D eigenvalue weighted by atomic mass is 9.99. The van der Waals surface area contributed by atoms with Crippen LogP contribution >= 0.6 is 0 Å². The molecule has 4 rings (SSSR count). The summed E-state index contributed by atoms with van der Waals surface area (Å²) in [6.45, 7) is 6.83. The van der Waals surface area contributed by atoms with Crippen molar-refractivity contribution in [2.75, 3.05) is 13.1 Å². The molecule has 2 fully saturated rings. The van der Waals surface area contributed by atoms with Gasteiger partial charge in [0.05, 0.1) is 0 Å². The molecule has 2 aromatic rings. The molecule has 7 heteroatoms. The van der Waals surface area contributed by atoms with Crippen molar-refractivity contribution in [2.45, 2.75) is 45.3 Å². The third-order valence-electron chi connectivity index (χ3n) is 5.27. The SMILES string of the molecule is CC(C)(C)OC(=O)N1C[C@@H]2CC[C@@H](OC(=O)c3cn4ccccc4n3)[C@@H]2C1. The van der Waals surface area contributed by atoms with Crippen molar-refractivity contribution in [1.82, 2.24) is 14.3 Å². The second-order valence-corrected chi connectivity index (χ2v) is 8.42. The number of fused-ring (bicyclic) bond motifs is 2. The molecule has 0 radical (unpaired) electrons. The molecular formula is C20H25N3O4. The van der Waals surface area contributed by atoms with E-state index in [1.807, 2.05) is 45.2 Å². The normalized spacial score (nSPS) is 24.9. The van der Waals surface area contributed by atoms with Crippen LogP contribution in [0.25, 0.3) is 5.65 Å². The fourth-order valence-corrected chi connectivity index (χ4v) is 4.07. The molecule has 2 aromatic heterocycles. The third-order valence-corrected chi connectivity index (χ3v) is 5.27. The number of nitrogens with zero attached hydrogens (tertiary/aromatic N) is 3. The summed E-state index contributed by atoms with van der Waals surface area (Å²) in [6.07, 6.45) is 4.85. The zero-order chi connectivity index (χ0) is 19.2. The summed E-state index contributed by atoms with van der Waals surface area (Å²) >= 11 is 0. The molecule has 27 heavy (non-hydrogen) atoms. The fourth-order valence-electron chi connectivity index (χ4n) is 4.07. The molecule has 3 heterocycles. The van der Waals surface area contributed by atoms with Crippen molar-refractivity contribution >= 4 is 17.7 Å². The molecule has 1 aliphatic carbocycles. The van der Waals surface area contributed by atoms with Crippen molar-refractivity contribution in [3.05, 3.63) is 36.3 Å². The monoisotopic (exact) mass is 371 g/mol. The first kappa shape index (κ1) is 17.8. The van der Waals surface area contributed by atoms with Crippen LogP contribution in [-0.2, 0) is 9.47 Å². The Hall–Kier alpha value is -2.57. The van der Waals surface area contributed by atoms with Gasteiger partial charge in [0.15, 0.2) is 5.69 Å². The van der Waals surface area contributed by atoms with Gasteiger partial charge in [0.2, 0.25) is 0 Å². The Morgan fingerprint density at radius 2 is 2.00 bits per heavy atom. The van der Waals surface area contributed by atoms with Crippen LogP contribution < -0.4 is 0 Å². The number of likely N-dealkylation sites (tertiary alicyclic amines) is 1. The largest absolute Gasteiger partial charge is 0.457 e. The summed E-state index contributed by atoms with van der Waals surface area (Å²) in [5.41, 5.74) is 0.515. The number of aromatic nitrogens is 2. The summed E-state index contributed by atoms with van der Waals surface area (Å²) in [5, 5.41) is 0. The van der Waals surface area contributed by atoms with Gasteiger partial charge in [0.1, 0.15) is 17.4 Å². The van der Waals surface area contributed by atoms with Crippen molar-refractivity contribution in [3.8, 4) is 0 Å². The number of esters is 1. The molecule has 1 aliphatic heterocycles. The Labute approximate surface area is 158 Å².